The van der Waals surface area contributed by atoms with Gasteiger partial charge >= 0.3 is 0 Å². The molecule has 0 spiro atoms. The second kappa shape index (κ2) is 5.73. The highest BCUT2D eigenvalue weighted by atomic mass is 79.9. The largest absolute Gasteiger partial charge is 0.321 e. The zero-order valence-electron chi connectivity index (χ0n) is 11.7. The lowest BCUT2D eigenvalue weighted by Gasteiger charge is -2.08. The number of nitrogens with zero attached hydrogens (tertiary/aromatic N) is 2. The zero-order chi connectivity index (χ0) is 15.7. The van der Waals surface area contributed by atoms with Gasteiger partial charge in [0.2, 0.25) is 0 Å². The lowest BCUT2D eigenvalue weighted by Crippen LogP contribution is -2.26. The van der Waals surface area contributed by atoms with Crippen molar-refractivity contribution in [3.8, 4) is 0 Å². The SMILES string of the molecule is Cc1ccc(NC(=O)c2cnc3ccccn3c2=O)c(Br)c1. The van der Waals surface area contributed by atoms with Crippen molar-refractivity contribution < 1.29 is 4.79 Å². The Kier molecular flexibility index (Phi) is 3.77. The van der Waals surface area contributed by atoms with Gasteiger partial charge in [0.05, 0.1) is 5.69 Å². The van der Waals surface area contributed by atoms with Crippen molar-refractivity contribution in [3.63, 3.8) is 0 Å². The number of benzene rings is 1. The number of aryl methyl sites for hydroxylation is 1. The highest BCUT2D eigenvalue weighted by Crippen LogP contribution is 2.23. The lowest BCUT2D eigenvalue weighted by atomic mass is 10.2. The van der Waals surface area contributed by atoms with Gasteiger partial charge in [0.15, 0.2) is 0 Å². The zero-order valence-corrected chi connectivity index (χ0v) is 13.3. The summed E-state index contributed by atoms with van der Waals surface area (Å²) in [6.45, 7) is 1.95. The van der Waals surface area contributed by atoms with E-state index in [0.717, 1.165) is 10.0 Å². The predicted octanol–water partition coefficient (Wildman–Crippen LogP) is 3.02. The van der Waals surface area contributed by atoms with Crippen molar-refractivity contribution >= 4 is 33.2 Å². The number of hydrogen-bond acceptors (Lipinski definition) is 3. The third-order valence-corrected chi connectivity index (χ3v) is 3.89. The van der Waals surface area contributed by atoms with Crippen LogP contribution in [0.1, 0.15) is 15.9 Å². The molecule has 1 aromatic carbocycles. The summed E-state index contributed by atoms with van der Waals surface area (Å²) in [7, 11) is 0. The van der Waals surface area contributed by atoms with Crippen molar-refractivity contribution in [1.29, 1.82) is 0 Å². The van der Waals surface area contributed by atoms with Gasteiger partial charge in [0, 0.05) is 16.9 Å². The van der Waals surface area contributed by atoms with Crippen LogP contribution in [0.15, 0.2) is 58.1 Å². The monoisotopic (exact) mass is 357 g/mol. The molecule has 1 amide bonds. The van der Waals surface area contributed by atoms with Crippen LogP contribution in [0.2, 0.25) is 0 Å². The van der Waals surface area contributed by atoms with E-state index in [1.807, 2.05) is 19.1 Å². The topological polar surface area (TPSA) is 63.5 Å². The summed E-state index contributed by atoms with van der Waals surface area (Å²) in [4.78, 5) is 28.8. The smallest absolute Gasteiger partial charge is 0.270 e. The van der Waals surface area contributed by atoms with Crippen molar-refractivity contribution in [2.24, 2.45) is 0 Å². The number of anilines is 1. The maximum Gasteiger partial charge on any atom is 0.270 e. The summed E-state index contributed by atoms with van der Waals surface area (Å²) in [5.41, 5.74) is 1.77. The Morgan fingerprint density at radius 2 is 2.09 bits per heavy atom. The van der Waals surface area contributed by atoms with E-state index in [4.69, 9.17) is 0 Å². The number of nitrogens with one attached hydrogen (secondary N) is 1. The molecule has 0 atom stereocenters. The minimum atomic E-state index is -0.486. The highest BCUT2D eigenvalue weighted by Gasteiger charge is 2.14. The fourth-order valence-corrected chi connectivity index (χ4v) is 2.69. The normalized spacial score (nSPS) is 10.6. The molecule has 2 aromatic heterocycles. The standard InChI is InChI=1S/C16H12BrN3O2/c1-10-5-6-13(12(17)8-10)19-15(21)11-9-18-14-4-2-3-7-20(14)16(11)22/h2-9H,1H3,(H,19,21). The van der Waals surface area contributed by atoms with Crippen molar-refractivity contribution in [2.75, 3.05) is 5.32 Å². The molecule has 110 valence electrons. The summed E-state index contributed by atoms with van der Waals surface area (Å²) in [5.74, 6) is -0.486. The molecule has 0 bridgehead atoms. The van der Waals surface area contributed by atoms with Gasteiger partial charge in [0.25, 0.3) is 11.5 Å². The first-order valence-electron chi connectivity index (χ1n) is 6.60. The fraction of sp³-hybridized carbons (Fsp3) is 0.0625. The first-order valence-corrected chi connectivity index (χ1v) is 7.39. The molecule has 0 saturated heterocycles. The van der Waals surface area contributed by atoms with Crippen molar-refractivity contribution in [2.45, 2.75) is 6.92 Å². The Labute approximate surface area is 134 Å². The minimum absolute atomic E-state index is 0.00354. The number of pyridine rings is 1. The molecular weight excluding hydrogens is 346 g/mol. The molecule has 5 nitrogen and oxygen atoms in total. The van der Waals surface area contributed by atoms with Crippen LogP contribution in [0.3, 0.4) is 0 Å². The Hall–Kier alpha value is -2.47. The molecule has 3 rings (SSSR count). The van der Waals surface area contributed by atoms with Crippen LogP contribution < -0.4 is 10.9 Å². The summed E-state index contributed by atoms with van der Waals surface area (Å²) in [6, 6.07) is 10.8. The maximum absolute atomic E-state index is 12.3. The molecule has 2 heterocycles. The summed E-state index contributed by atoms with van der Waals surface area (Å²) in [6.07, 6.45) is 2.89. The van der Waals surface area contributed by atoms with Gasteiger partial charge in [-0.25, -0.2) is 4.98 Å². The quantitative estimate of drug-likeness (QED) is 0.766. The molecule has 0 radical (unpaired) electrons. The average Bonchev–Trinajstić information content (AvgIpc) is 2.50. The van der Waals surface area contributed by atoms with Gasteiger partial charge in [-0.05, 0) is 52.7 Å². The van der Waals surface area contributed by atoms with Gasteiger partial charge in [-0.15, -0.1) is 0 Å². The Morgan fingerprint density at radius 1 is 1.27 bits per heavy atom. The maximum atomic E-state index is 12.3. The summed E-state index contributed by atoms with van der Waals surface area (Å²) < 4.78 is 2.11. The highest BCUT2D eigenvalue weighted by molar-refractivity contribution is 9.10. The molecule has 0 fully saturated rings. The van der Waals surface area contributed by atoms with E-state index in [9.17, 15) is 9.59 Å². The van der Waals surface area contributed by atoms with Gasteiger partial charge < -0.3 is 5.32 Å². The number of halogens is 1. The molecule has 0 saturated carbocycles. The fourth-order valence-electron chi connectivity index (χ4n) is 2.09. The van der Waals surface area contributed by atoms with E-state index in [0.29, 0.717) is 11.3 Å². The molecule has 3 aromatic rings. The third kappa shape index (κ3) is 2.65. The van der Waals surface area contributed by atoms with Crippen LogP contribution in [0, 0.1) is 6.92 Å². The van der Waals surface area contributed by atoms with E-state index < -0.39 is 11.5 Å². The number of hydrogen-bond donors (Lipinski definition) is 1. The van der Waals surface area contributed by atoms with Crippen LogP contribution in [0.4, 0.5) is 5.69 Å². The lowest BCUT2D eigenvalue weighted by molar-refractivity contribution is 0.102. The van der Waals surface area contributed by atoms with Crippen LogP contribution >= 0.6 is 15.9 Å². The van der Waals surface area contributed by atoms with E-state index >= 15 is 0 Å². The summed E-state index contributed by atoms with van der Waals surface area (Å²) in [5, 5.41) is 2.72. The second-order valence-corrected chi connectivity index (χ2v) is 5.70. The molecule has 22 heavy (non-hydrogen) atoms. The molecule has 6 heteroatoms. The van der Waals surface area contributed by atoms with E-state index in [-0.39, 0.29) is 5.56 Å². The first kappa shape index (κ1) is 14.5. The van der Waals surface area contributed by atoms with Gasteiger partial charge in [-0.3, -0.25) is 14.0 Å². The third-order valence-electron chi connectivity index (χ3n) is 3.23. The Morgan fingerprint density at radius 3 is 2.86 bits per heavy atom. The number of amides is 1. The van der Waals surface area contributed by atoms with E-state index in [2.05, 4.69) is 26.2 Å². The van der Waals surface area contributed by atoms with E-state index in [1.54, 1.807) is 30.5 Å². The number of fused-ring (bicyclic) bond motifs is 1. The second-order valence-electron chi connectivity index (χ2n) is 4.84. The van der Waals surface area contributed by atoms with Crippen LogP contribution in [-0.4, -0.2) is 15.3 Å². The van der Waals surface area contributed by atoms with Crippen LogP contribution in [0.25, 0.3) is 5.65 Å². The molecule has 0 aliphatic rings. The molecular formula is C16H12BrN3O2. The molecule has 0 unspecified atom stereocenters. The Balaban J connectivity index is 1.99. The van der Waals surface area contributed by atoms with Crippen LogP contribution in [-0.2, 0) is 0 Å². The first-order chi connectivity index (χ1) is 10.6. The minimum Gasteiger partial charge on any atom is -0.321 e. The van der Waals surface area contributed by atoms with Crippen molar-refractivity contribution in [1.82, 2.24) is 9.38 Å². The summed E-state index contributed by atoms with van der Waals surface area (Å²) >= 11 is 3.39. The van der Waals surface area contributed by atoms with E-state index in [1.165, 1.54) is 10.6 Å². The van der Waals surface area contributed by atoms with Gasteiger partial charge in [0.1, 0.15) is 11.2 Å². The molecule has 0 aliphatic heterocycles. The number of carbonyl (C=O) groups is 1. The number of rotatable bonds is 2. The van der Waals surface area contributed by atoms with Gasteiger partial charge in [-0.1, -0.05) is 12.1 Å². The molecule has 0 aliphatic carbocycles. The number of carbonyl (C=O) groups excluding carboxylic acids is 1. The predicted molar refractivity (Wildman–Crippen MR) is 88.3 cm³/mol. The van der Waals surface area contributed by atoms with Crippen LogP contribution in [0.5, 0.6) is 0 Å². The molecule has 1 N–H and O–H groups in total. The Bertz CT molecular complexity index is 934. The van der Waals surface area contributed by atoms with Gasteiger partial charge in [-0.2, -0.15) is 0 Å². The number of aromatic nitrogens is 2. The van der Waals surface area contributed by atoms with Crippen molar-refractivity contribution in [3.05, 3.63) is 74.7 Å². The average molecular weight is 358 g/mol.